The summed E-state index contributed by atoms with van der Waals surface area (Å²) in [6.07, 6.45) is 1.25. The summed E-state index contributed by atoms with van der Waals surface area (Å²) in [5, 5.41) is 43.6. The molecule has 5 N–H and O–H groups in total. The highest BCUT2D eigenvalue weighted by molar-refractivity contribution is 5.69. The lowest BCUT2D eigenvalue weighted by atomic mass is 9.93. The fraction of sp³-hybridized carbons (Fsp3) is 0.400. The monoisotopic (exact) mass is 350 g/mol. The second-order valence-corrected chi connectivity index (χ2v) is 5.72. The maximum Gasteiger partial charge on any atom is 0.123 e. The number of aliphatic hydroxyl groups is 4. The molecule has 0 bridgehead atoms. The summed E-state index contributed by atoms with van der Waals surface area (Å²) in [4.78, 5) is 0. The first-order valence-corrected chi connectivity index (χ1v) is 8.30. The average Bonchev–Trinajstić information content (AvgIpc) is 2.66. The molecule has 0 saturated carbocycles. The summed E-state index contributed by atoms with van der Waals surface area (Å²) in [5.41, 5.74) is 0.809. The normalized spacial score (nSPS) is 10.2. The van der Waals surface area contributed by atoms with Crippen molar-refractivity contribution in [2.45, 2.75) is 20.3 Å². The molecule has 2 aromatic rings. The highest BCUT2D eigenvalue weighted by Crippen LogP contribution is 2.27. The first-order valence-electron chi connectivity index (χ1n) is 8.30. The minimum absolute atomic E-state index is 0.328. The van der Waals surface area contributed by atoms with Crippen LogP contribution < -0.4 is 0 Å². The highest BCUT2D eigenvalue weighted by atomic mass is 16.3. The predicted octanol–water partition coefficient (Wildman–Crippen LogP) is 2.42. The smallest absolute Gasteiger partial charge is 0.123 e. The van der Waals surface area contributed by atoms with Gasteiger partial charge in [0.25, 0.3) is 0 Å². The van der Waals surface area contributed by atoms with Crippen LogP contribution in [0.1, 0.15) is 20.3 Å². The van der Waals surface area contributed by atoms with Gasteiger partial charge >= 0.3 is 0 Å². The Bertz CT molecular complexity index is 536. The fourth-order valence-electron chi connectivity index (χ4n) is 1.64. The van der Waals surface area contributed by atoms with E-state index in [1.807, 2.05) is 48.5 Å². The maximum atomic E-state index is 9.56. The minimum Gasteiger partial charge on any atom is -0.507 e. The Labute approximate surface area is 149 Å². The van der Waals surface area contributed by atoms with Crippen LogP contribution in [0.5, 0.6) is 5.75 Å². The summed E-state index contributed by atoms with van der Waals surface area (Å²) in [7, 11) is 0. The Morgan fingerprint density at radius 3 is 1.44 bits per heavy atom. The van der Waals surface area contributed by atoms with Crippen molar-refractivity contribution in [2.24, 2.45) is 5.41 Å². The van der Waals surface area contributed by atoms with Crippen molar-refractivity contribution in [1.29, 1.82) is 0 Å². The van der Waals surface area contributed by atoms with Crippen LogP contribution in [0.25, 0.3) is 11.1 Å². The molecule has 0 aliphatic carbocycles. The van der Waals surface area contributed by atoms with Gasteiger partial charge in [-0.2, -0.15) is 0 Å². The molecular formula is C20H30O5. The predicted molar refractivity (Wildman–Crippen MR) is 100 cm³/mol. The van der Waals surface area contributed by atoms with E-state index in [-0.39, 0.29) is 0 Å². The number of rotatable bonds is 5. The highest BCUT2D eigenvalue weighted by Gasteiger charge is 2.26. The van der Waals surface area contributed by atoms with Gasteiger partial charge in [0.1, 0.15) is 5.75 Å². The third-order valence-electron chi connectivity index (χ3n) is 3.33. The number of aromatic hydroxyl groups is 1. The molecule has 0 unspecified atom stereocenters. The van der Waals surface area contributed by atoms with Crippen molar-refractivity contribution in [3.8, 4) is 16.9 Å². The maximum absolute atomic E-state index is 9.56. The number of phenols is 1. The van der Waals surface area contributed by atoms with Gasteiger partial charge in [0.2, 0.25) is 0 Å². The number of phenolic OH excluding ortho intramolecular Hbond substituents is 1. The van der Waals surface area contributed by atoms with E-state index in [0.29, 0.717) is 5.75 Å². The van der Waals surface area contributed by atoms with Gasteiger partial charge < -0.3 is 25.5 Å². The topological polar surface area (TPSA) is 101 Å². The molecule has 5 heteroatoms. The molecule has 0 heterocycles. The molecule has 0 spiro atoms. The van der Waals surface area contributed by atoms with Crippen molar-refractivity contribution >= 4 is 0 Å². The van der Waals surface area contributed by atoms with Crippen LogP contribution in [-0.2, 0) is 0 Å². The van der Waals surface area contributed by atoms with Crippen LogP contribution >= 0.6 is 0 Å². The van der Waals surface area contributed by atoms with E-state index < -0.39 is 31.8 Å². The van der Waals surface area contributed by atoms with Gasteiger partial charge in [-0.15, -0.1) is 0 Å². The zero-order chi connectivity index (χ0) is 19.1. The molecular weight excluding hydrogens is 320 g/mol. The molecule has 5 nitrogen and oxygen atoms in total. The summed E-state index contributed by atoms with van der Waals surface area (Å²) in [5.74, 6) is 0.328. The zero-order valence-corrected chi connectivity index (χ0v) is 15.0. The van der Waals surface area contributed by atoms with Crippen LogP contribution in [0.15, 0.2) is 54.6 Å². The average molecular weight is 350 g/mol. The van der Waals surface area contributed by atoms with E-state index in [0.717, 1.165) is 11.1 Å². The Morgan fingerprint density at radius 2 is 1.08 bits per heavy atom. The van der Waals surface area contributed by atoms with Gasteiger partial charge in [-0.3, -0.25) is 0 Å². The fourth-order valence-corrected chi connectivity index (χ4v) is 1.64. The molecule has 2 aromatic carbocycles. The molecule has 0 saturated heterocycles. The largest absolute Gasteiger partial charge is 0.507 e. The van der Waals surface area contributed by atoms with Gasteiger partial charge in [-0.1, -0.05) is 68.8 Å². The Hall–Kier alpha value is -1.92. The van der Waals surface area contributed by atoms with Gasteiger partial charge in [0, 0.05) is 5.56 Å². The van der Waals surface area contributed by atoms with E-state index in [9.17, 15) is 5.11 Å². The minimum atomic E-state index is -1.11. The molecule has 25 heavy (non-hydrogen) atoms. The van der Waals surface area contributed by atoms with Crippen LogP contribution in [-0.4, -0.2) is 52.0 Å². The van der Waals surface area contributed by atoms with E-state index in [2.05, 4.69) is 13.8 Å². The number of benzene rings is 2. The van der Waals surface area contributed by atoms with Crippen molar-refractivity contribution < 1.29 is 25.5 Å². The quantitative estimate of drug-likeness (QED) is 0.570. The van der Waals surface area contributed by atoms with E-state index in [1.165, 1.54) is 6.42 Å². The van der Waals surface area contributed by atoms with Crippen LogP contribution in [0, 0.1) is 5.41 Å². The first kappa shape index (κ1) is 23.1. The van der Waals surface area contributed by atoms with Crippen LogP contribution in [0.2, 0.25) is 0 Å². The summed E-state index contributed by atoms with van der Waals surface area (Å²) in [6, 6.07) is 17.2. The van der Waals surface area contributed by atoms with Crippen molar-refractivity contribution in [1.82, 2.24) is 0 Å². The van der Waals surface area contributed by atoms with E-state index in [1.54, 1.807) is 6.07 Å². The molecule has 0 fully saturated rings. The van der Waals surface area contributed by atoms with Crippen LogP contribution in [0.3, 0.4) is 0 Å². The molecule has 0 amide bonds. The number of hydrogen-bond acceptors (Lipinski definition) is 5. The second-order valence-electron chi connectivity index (χ2n) is 5.72. The summed E-state index contributed by atoms with van der Waals surface area (Å²) < 4.78 is 0. The van der Waals surface area contributed by atoms with Crippen molar-refractivity contribution in [2.75, 3.05) is 26.4 Å². The number of para-hydroxylation sites is 1. The van der Waals surface area contributed by atoms with E-state index >= 15 is 0 Å². The summed E-state index contributed by atoms with van der Waals surface area (Å²) >= 11 is 0. The molecule has 2 rings (SSSR count). The van der Waals surface area contributed by atoms with Crippen molar-refractivity contribution in [3.05, 3.63) is 54.6 Å². The molecule has 0 aliphatic heterocycles. The lowest BCUT2D eigenvalue weighted by Crippen LogP contribution is -2.37. The van der Waals surface area contributed by atoms with Gasteiger partial charge in [-0.05, 0) is 11.6 Å². The molecule has 0 radical (unpaired) electrons. The van der Waals surface area contributed by atoms with Gasteiger partial charge in [0.05, 0.1) is 31.8 Å². The van der Waals surface area contributed by atoms with Crippen LogP contribution in [0.4, 0.5) is 0 Å². The lowest BCUT2D eigenvalue weighted by molar-refractivity contribution is -0.0328. The zero-order valence-electron chi connectivity index (χ0n) is 15.0. The molecule has 0 aliphatic rings. The number of hydrogen-bond donors (Lipinski definition) is 5. The number of aliphatic hydroxyl groups excluding tert-OH is 4. The second kappa shape index (κ2) is 13.4. The SMILES string of the molecule is CCC.OCC(CO)(CO)CO.Oc1ccccc1-c1ccccc1. The van der Waals surface area contributed by atoms with Gasteiger partial charge in [-0.25, -0.2) is 0 Å². The third-order valence-corrected chi connectivity index (χ3v) is 3.33. The van der Waals surface area contributed by atoms with E-state index in [4.69, 9.17) is 20.4 Å². The Kier molecular flexibility index (Phi) is 12.4. The third kappa shape index (κ3) is 8.14. The standard InChI is InChI=1S/C12H10O.C5H12O4.C3H8/c13-12-9-5-4-8-11(12)10-6-2-1-3-7-10;6-1-5(2-7,3-8)4-9;1-3-2/h1-9,13H;6-9H,1-4H2;3H2,1-2H3. The molecule has 140 valence electrons. The Morgan fingerprint density at radius 1 is 0.680 bits per heavy atom. The lowest BCUT2D eigenvalue weighted by Gasteiger charge is -2.23. The Balaban J connectivity index is 0.000000422. The van der Waals surface area contributed by atoms with Crippen molar-refractivity contribution in [3.63, 3.8) is 0 Å². The summed E-state index contributed by atoms with van der Waals surface area (Å²) in [6.45, 7) is 2.62. The molecule has 0 aromatic heterocycles. The first-order chi connectivity index (χ1) is 12.0. The van der Waals surface area contributed by atoms with Gasteiger partial charge in [0.15, 0.2) is 0 Å². The molecule has 0 atom stereocenters.